The highest BCUT2D eigenvalue weighted by molar-refractivity contribution is 5.16. The number of hydrogen-bond acceptors (Lipinski definition) is 1. The van der Waals surface area contributed by atoms with Crippen molar-refractivity contribution in [1.29, 1.82) is 0 Å². The van der Waals surface area contributed by atoms with Gasteiger partial charge in [0.05, 0.1) is 6.10 Å². The third-order valence-corrected chi connectivity index (χ3v) is 4.93. The van der Waals surface area contributed by atoms with Crippen molar-refractivity contribution in [1.82, 2.24) is 0 Å². The Morgan fingerprint density at radius 3 is 2.17 bits per heavy atom. The standard InChI is InChI=1S/C11H20O/c1-7(12)9-5-8-6-11(8,4)10(9,2)3/h7-9,12H,5-6H2,1-4H3/t7?,8?,9-,11?/m1/s1. The lowest BCUT2D eigenvalue weighted by Gasteiger charge is -2.37. The van der Waals surface area contributed by atoms with Crippen molar-refractivity contribution in [2.75, 3.05) is 0 Å². The number of aliphatic hydroxyl groups is 1. The van der Waals surface area contributed by atoms with E-state index in [0.717, 1.165) is 5.92 Å². The Labute approximate surface area is 75.2 Å². The van der Waals surface area contributed by atoms with E-state index in [2.05, 4.69) is 20.8 Å². The second kappa shape index (κ2) is 2.06. The molecule has 4 atom stereocenters. The summed E-state index contributed by atoms with van der Waals surface area (Å²) in [6, 6.07) is 0. The van der Waals surface area contributed by atoms with Crippen LogP contribution in [0.15, 0.2) is 0 Å². The zero-order valence-corrected chi connectivity index (χ0v) is 8.59. The summed E-state index contributed by atoms with van der Waals surface area (Å²) in [5.41, 5.74) is 0.903. The fourth-order valence-electron chi connectivity index (χ4n) is 3.41. The van der Waals surface area contributed by atoms with Crippen LogP contribution in [0, 0.1) is 22.7 Å². The molecule has 2 aliphatic rings. The first-order valence-electron chi connectivity index (χ1n) is 5.07. The van der Waals surface area contributed by atoms with Crippen LogP contribution < -0.4 is 0 Å². The molecular weight excluding hydrogens is 148 g/mol. The predicted molar refractivity (Wildman–Crippen MR) is 49.8 cm³/mol. The smallest absolute Gasteiger partial charge is 0.0545 e. The first-order chi connectivity index (χ1) is 5.39. The summed E-state index contributed by atoms with van der Waals surface area (Å²) in [6.45, 7) is 9.00. The lowest BCUT2D eigenvalue weighted by molar-refractivity contribution is 0.0312. The molecule has 0 radical (unpaired) electrons. The number of hydrogen-bond donors (Lipinski definition) is 1. The van der Waals surface area contributed by atoms with E-state index < -0.39 is 0 Å². The van der Waals surface area contributed by atoms with Gasteiger partial charge in [0.25, 0.3) is 0 Å². The van der Waals surface area contributed by atoms with E-state index in [4.69, 9.17) is 0 Å². The Morgan fingerprint density at radius 2 is 1.92 bits per heavy atom. The van der Waals surface area contributed by atoms with E-state index in [1.807, 2.05) is 6.92 Å². The molecule has 0 spiro atoms. The highest BCUT2D eigenvalue weighted by atomic mass is 16.3. The minimum Gasteiger partial charge on any atom is -0.393 e. The molecule has 0 bridgehead atoms. The van der Waals surface area contributed by atoms with Gasteiger partial charge in [-0.05, 0) is 42.4 Å². The quantitative estimate of drug-likeness (QED) is 0.637. The third kappa shape index (κ3) is 0.783. The number of fused-ring (bicyclic) bond motifs is 1. The monoisotopic (exact) mass is 168 g/mol. The molecule has 1 N–H and O–H groups in total. The summed E-state index contributed by atoms with van der Waals surface area (Å²) in [4.78, 5) is 0. The Hall–Kier alpha value is -0.0400. The number of aliphatic hydroxyl groups excluding tert-OH is 1. The van der Waals surface area contributed by atoms with Gasteiger partial charge in [-0.25, -0.2) is 0 Å². The molecule has 3 unspecified atom stereocenters. The van der Waals surface area contributed by atoms with Gasteiger partial charge >= 0.3 is 0 Å². The second-order valence-corrected chi connectivity index (χ2v) is 5.62. The Kier molecular flexibility index (Phi) is 1.47. The van der Waals surface area contributed by atoms with Crippen molar-refractivity contribution in [3.05, 3.63) is 0 Å². The van der Waals surface area contributed by atoms with Crippen LogP contribution in [-0.4, -0.2) is 11.2 Å². The second-order valence-electron chi connectivity index (χ2n) is 5.62. The molecule has 2 rings (SSSR count). The molecule has 0 amide bonds. The Balaban J connectivity index is 2.23. The molecule has 0 heterocycles. The Morgan fingerprint density at radius 1 is 1.33 bits per heavy atom. The topological polar surface area (TPSA) is 20.2 Å². The van der Waals surface area contributed by atoms with Gasteiger partial charge in [0.1, 0.15) is 0 Å². The van der Waals surface area contributed by atoms with Gasteiger partial charge in [-0.15, -0.1) is 0 Å². The Bertz CT molecular complexity index is 207. The summed E-state index contributed by atoms with van der Waals surface area (Å²) in [6.07, 6.45) is 2.52. The molecule has 1 nitrogen and oxygen atoms in total. The average molecular weight is 168 g/mol. The van der Waals surface area contributed by atoms with Crippen LogP contribution in [0.25, 0.3) is 0 Å². The summed E-state index contributed by atoms with van der Waals surface area (Å²) in [5, 5.41) is 9.64. The lowest BCUT2D eigenvalue weighted by atomic mass is 9.69. The van der Waals surface area contributed by atoms with Crippen molar-refractivity contribution in [2.45, 2.75) is 46.6 Å². The molecule has 0 aromatic heterocycles. The molecule has 0 aromatic rings. The van der Waals surface area contributed by atoms with Gasteiger partial charge < -0.3 is 5.11 Å². The maximum absolute atomic E-state index is 9.64. The van der Waals surface area contributed by atoms with Crippen LogP contribution in [-0.2, 0) is 0 Å². The molecule has 2 saturated carbocycles. The molecule has 2 aliphatic carbocycles. The van der Waals surface area contributed by atoms with E-state index >= 15 is 0 Å². The normalized spacial score (nSPS) is 51.8. The molecule has 0 aromatic carbocycles. The van der Waals surface area contributed by atoms with Crippen molar-refractivity contribution < 1.29 is 5.11 Å². The summed E-state index contributed by atoms with van der Waals surface area (Å²) < 4.78 is 0. The summed E-state index contributed by atoms with van der Waals surface area (Å²) in [7, 11) is 0. The van der Waals surface area contributed by atoms with Gasteiger partial charge in [0.2, 0.25) is 0 Å². The molecule has 0 aliphatic heterocycles. The lowest BCUT2D eigenvalue weighted by Crippen LogP contribution is -2.34. The van der Waals surface area contributed by atoms with Crippen molar-refractivity contribution >= 4 is 0 Å². The molecule has 70 valence electrons. The van der Waals surface area contributed by atoms with Crippen LogP contribution in [0.3, 0.4) is 0 Å². The highest BCUT2D eigenvalue weighted by Crippen LogP contribution is 2.74. The minimum absolute atomic E-state index is 0.121. The molecule has 1 heteroatoms. The van der Waals surface area contributed by atoms with Gasteiger partial charge in [-0.1, -0.05) is 20.8 Å². The van der Waals surface area contributed by atoms with E-state index in [9.17, 15) is 5.11 Å². The maximum Gasteiger partial charge on any atom is 0.0545 e. The maximum atomic E-state index is 9.64. The van der Waals surface area contributed by atoms with Crippen LogP contribution in [0.5, 0.6) is 0 Å². The summed E-state index contributed by atoms with van der Waals surface area (Å²) in [5.74, 6) is 1.44. The van der Waals surface area contributed by atoms with Gasteiger partial charge in [0, 0.05) is 0 Å². The zero-order chi connectivity index (χ0) is 9.15. The van der Waals surface area contributed by atoms with Crippen molar-refractivity contribution in [3.63, 3.8) is 0 Å². The molecular formula is C11H20O. The fraction of sp³-hybridized carbons (Fsp3) is 1.00. The largest absolute Gasteiger partial charge is 0.393 e. The van der Waals surface area contributed by atoms with E-state index in [-0.39, 0.29) is 6.10 Å². The third-order valence-electron chi connectivity index (χ3n) is 4.93. The van der Waals surface area contributed by atoms with Gasteiger partial charge in [-0.2, -0.15) is 0 Å². The van der Waals surface area contributed by atoms with Crippen molar-refractivity contribution in [3.8, 4) is 0 Å². The molecule has 2 fully saturated rings. The van der Waals surface area contributed by atoms with E-state index in [0.29, 0.717) is 16.7 Å². The molecule has 12 heavy (non-hydrogen) atoms. The van der Waals surface area contributed by atoms with Gasteiger partial charge in [0.15, 0.2) is 0 Å². The van der Waals surface area contributed by atoms with Crippen molar-refractivity contribution in [2.24, 2.45) is 22.7 Å². The average Bonchev–Trinajstić information content (AvgIpc) is 2.52. The van der Waals surface area contributed by atoms with Crippen LogP contribution in [0.4, 0.5) is 0 Å². The van der Waals surface area contributed by atoms with E-state index in [1.165, 1.54) is 12.8 Å². The van der Waals surface area contributed by atoms with Crippen LogP contribution >= 0.6 is 0 Å². The first kappa shape index (κ1) is 8.55. The summed E-state index contributed by atoms with van der Waals surface area (Å²) >= 11 is 0. The zero-order valence-electron chi connectivity index (χ0n) is 8.59. The predicted octanol–water partition coefficient (Wildman–Crippen LogP) is 2.44. The van der Waals surface area contributed by atoms with Gasteiger partial charge in [-0.3, -0.25) is 0 Å². The minimum atomic E-state index is -0.121. The fourth-order valence-corrected chi connectivity index (χ4v) is 3.41. The van der Waals surface area contributed by atoms with Crippen LogP contribution in [0.2, 0.25) is 0 Å². The van der Waals surface area contributed by atoms with Crippen LogP contribution in [0.1, 0.15) is 40.5 Å². The molecule has 0 saturated heterocycles. The van der Waals surface area contributed by atoms with E-state index in [1.54, 1.807) is 0 Å². The first-order valence-corrected chi connectivity index (χ1v) is 5.07. The highest BCUT2D eigenvalue weighted by Gasteiger charge is 2.67. The SMILES string of the molecule is CC(O)[C@H]1CC2CC2(C)C1(C)C. The number of rotatable bonds is 1.